The van der Waals surface area contributed by atoms with E-state index in [4.69, 9.17) is 17.4 Å². The average molecular weight is 246 g/mol. The molecule has 0 saturated heterocycles. The molecule has 0 atom stereocenters. The van der Waals surface area contributed by atoms with Crippen LogP contribution in [0.5, 0.6) is 0 Å². The van der Waals surface area contributed by atoms with Gasteiger partial charge in [-0.25, -0.2) is 10.6 Å². The second-order valence-corrected chi connectivity index (χ2v) is 3.19. The summed E-state index contributed by atoms with van der Waals surface area (Å²) in [6.07, 6.45) is -0.871. The van der Waals surface area contributed by atoms with Crippen molar-refractivity contribution in [2.45, 2.75) is 6.61 Å². The quantitative estimate of drug-likeness (QED) is 0.362. The van der Waals surface area contributed by atoms with Crippen LogP contribution in [0.15, 0.2) is 18.2 Å². The molecule has 0 radical (unpaired) electrons. The minimum absolute atomic E-state index is 0.211. The molecule has 3 N–H and O–H groups in total. The number of nitro groups is 1. The second kappa shape index (κ2) is 5.29. The van der Waals surface area contributed by atoms with E-state index in [-0.39, 0.29) is 22.9 Å². The van der Waals surface area contributed by atoms with Crippen LogP contribution in [0.2, 0.25) is 5.02 Å². The van der Waals surface area contributed by atoms with Gasteiger partial charge in [0.25, 0.3) is 5.69 Å². The van der Waals surface area contributed by atoms with Gasteiger partial charge >= 0.3 is 6.09 Å². The summed E-state index contributed by atoms with van der Waals surface area (Å²) in [6.45, 7) is -0.253. The van der Waals surface area contributed by atoms with Crippen molar-refractivity contribution in [2.75, 3.05) is 0 Å². The largest absolute Gasteiger partial charge is 0.443 e. The minimum Gasteiger partial charge on any atom is -0.443 e. The molecule has 0 aliphatic rings. The van der Waals surface area contributed by atoms with Crippen LogP contribution >= 0.6 is 11.6 Å². The highest BCUT2D eigenvalue weighted by Gasteiger charge is 2.15. The molecule has 8 heteroatoms. The monoisotopic (exact) mass is 245 g/mol. The highest BCUT2D eigenvalue weighted by Crippen LogP contribution is 2.23. The third kappa shape index (κ3) is 3.07. The molecule has 0 bridgehead atoms. The van der Waals surface area contributed by atoms with Gasteiger partial charge in [0.15, 0.2) is 0 Å². The fourth-order valence-corrected chi connectivity index (χ4v) is 1.18. The Labute approximate surface area is 95.3 Å². The first-order valence-corrected chi connectivity index (χ1v) is 4.48. The summed E-state index contributed by atoms with van der Waals surface area (Å²) in [5.74, 6) is 4.78. The summed E-state index contributed by atoms with van der Waals surface area (Å²) >= 11 is 5.61. The average Bonchev–Trinajstić information content (AvgIpc) is 2.26. The number of carbonyl (C=O) groups is 1. The Morgan fingerprint density at radius 1 is 1.62 bits per heavy atom. The molecular formula is C8H8ClN3O4. The second-order valence-electron chi connectivity index (χ2n) is 2.75. The lowest BCUT2D eigenvalue weighted by Gasteiger charge is -2.04. The van der Waals surface area contributed by atoms with Crippen LogP contribution < -0.4 is 11.3 Å². The van der Waals surface area contributed by atoms with Crippen molar-refractivity contribution in [1.82, 2.24) is 5.43 Å². The van der Waals surface area contributed by atoms with Crippen molar-refractivity contribution in [3.05, 3.63) is 38.9 Å². The molecule has 16 heavy (non-hydrogen) atoms. The molecule has 0 unspecified atom stereocenters. The van der Waals surface area contributed by atoms with Crippen LogP contribution in [-0.4, -0.2) is 11.0 Å². The Hall–Kier alpha value is -1.86. The van der Waals surface area contributed by atoms with E-state index >= 15 is 0 Å². The standard InChI is InChI=1S/C8H8ClN3O4/c9-6-2-1-5(4-16-8(13)11-10)7(3-6)12(14)15/h1-3H,4,10H2,(H,11,13). The highest BCUT2D eigenvalue weighted by molar-refractivity contribution is 6.30. The van der Waals surface area contributed by atoms with E-state index < -0.39 is 11.0 Å². The Morgan fingerprint density at radius 3 is 2.88 bits per heavy atom. The van der Waals surface area contributed by atoms with Crippen LogP contribution in [0.3, 0.4) is 0 Å². The van der Waals surface area contributed by atoms with Crippen LogP contribution in [-0.2, 0) is 11.3 Å². The number of amides is 1. The van der Waals surface area contributed by atoms with Crippen molar-refractivity contribution in [2.24, 2.45) is 5.84 Å². The van der Waals surface area contributed by atoms with E-state index in [1.54, 1.807) is 5.43 Å². The number of benzene rings is 1. The van der Waals surface area contributed by atoms with Gasteiger partial charge in [0.2, 0.25) is 0 Å². The number of ether oxygens (including phenoxy) is 1. The number of halogens is 1. The number of hydrogen-bond donors (Lipinski definition) is 2. The number of nitrogens with zero attached hydrogens (tertiary/aromatic N) is 1. The first-order valence-electron chi connectivity index (χ1n) is 4.10. The molecule has 0 aliphatic heterocycles. The zero-order valence-corrected chi connectivity index (χ0v) is 8.73. The Kier molecular flexibility index (Phi) is 4.03. The van der Waals surface area contributed by atoms with Gasteiger partial charge in [-0.3, -0.25) is 15.5 Å². The number of nitrogens with one attached hydrogen (secondary N) is 1. The molecule has 0 aromatic heterocycles. The normalized spacial score (nSPS) is 9.62. The molecule has 0 saturated carbocycles. The number of nitro benzene ring substituents is 1. The van der Waals surface area contributed by atoms with Gasteiger partial charge in [-0.1, -0.05) is 11.6 Å². The van der Waals surface area contributed by atoms with Gasteiger partial charge in [0.05, 0.1) is 10.5 Å². The molecule has 1 aromatic rings. The minimum atomic E-state index is -0.871. The van der Waals surface area contributed by atoms with Gasteiger partial charge in [0.1, 0.15) is 6.61 Å². The molecule has 0 aliphatic carbocycles. The Balaban J connectivity index is 2.87. The van der Waals surface area contributed by atoms with E-state index in [2.05, 4.69) is 4.74 Å². The van der Waals surface area contributed by atoms with Gasteiger partial charge in [0, 0.05) is 11.1 Å². The van der Waals surface area contributed by atoms with Crippen LogP contribution in [0.25, 0.3) is 0 Å². The maximum Gasteiger partial charge on any atom is 0.421 e. The van der Waals surface area contributed by atoms with Gasteiger partial charge in [-0.05, 0) is 12.1 Å². The lowest BCUT2D eigenvalue weighted by Crippen LogP contribution is -2.30. The predicted octanol–water partition coefficient (Wildman–Crippen LogP) is 1.35. The number of carbonyl (C=O) groups excluding carboxylic acids is 1. The van der Waals surface area contributed by atoms with Crippen molar-refractivity contribution in [1.29, 1.82) is 0 Å². The third-order valence-electron chi connectivity index (χ3n) is 1.72. The van der Waals surface area contributed by atoms with E-state index in [1.165, 1.54) is 18.2 Å². The maximum absolute atomic E-state index is 10.7. The summed E-state index contributed by atoms with van der Waals surface area (Å²) < 4.78 is 4.59. The molecule has 0 spiro atoms. The lowest BCUT2D eigenvalue weighted by molar-refractivity contribution is -0.385. The predicted molar refractivity (Wildman–Crippen MR) is 55.6 cm³/mol. The van der Waals surface area contributed by atoms with Crippen LogP contribution in [0.1, 0.15) is 5.56 Å². The summed E-state index contributed by atoms with van der Waals surface area (Å²) in [4.78, 5) is 20.7. The third-order valence-corrected chi connectivity index (χ3v) is 1.96. The Morgan fingerprint density at radius 2 is 2.31 bits per heavy atom. The van der Waals surface area contributed by atoms with Gasteiger partial charge in [-0.2, -0.15) is 0 Å². The summed E-state index contributed by atoms with van der Waals surface area (Å²) in [5, 5.41) is 10.9. The Bertz CT molecular complexity index is 424. The van der Waals surface area contributed by atoms with E-state index in [0.29, 0.717) is 0 Å². The summed E-state index contributed by atoms with van der Waals surface area (Å²) in [7, 11) is 0. The van der Waals surface area contributed by atoms with E-state index in [1.807, 2.05) is 0 Å². The number of hydrazine groups is 1. The maximum atomic E-state index is 10.7. The molecular weight excluding hydrogens is 238 g/mol. The first kappa shape index (κ1) is 12.2. The summed E-state index contributed by atoms with van der Waals surface area (Å²) in [5.41, 5.74) is 1.76. The molecule has 0 heterocycles. The fourth-order valence-electron chi connectivity index (χ4n) is 1.01. The van der Waals surface area contributed by atoms with Crippen molar-refractivity contribution < 1.29 is 14.5 Å². The van der Waals surface area contributed by atoms with Crippen molar-refractivity contribution >= 4 is 23.4 Å². The zero-order chi connectivity index (χ0) is 12.1. The van der Waals surface area contributed by atoms with E-state index in [0.717, 1.165) is 0 Å². The molecule has 1 aromatic carbocycles. The topological polar surface area (TPSA) is 107 Å². The molecule has 1 rings (SSSR count). The highest BCUT2D eigenvalue weighted by atomic mass is 35.5. The molecule has 1 amide bonds. The number of hydrogen-bond acceptors (Lipinski definition) is 5. The zero-order valence-electron chi connectivity index (χ0n) is 7.97. The smallest absolute Gasteiger partial charge is 0.421 e. The van der Waals surface area contributed by atoms with Crippen molar-refractivity contribution in [3.8, 4) is 0 Å². The van der Waals surface area contributed by atoms with Gasteiger partial charge < -0.3 is 4.74 Å². The molecule has 86 valence electrons. The van der Waals surface area contributed by atoms with Crippen LogP contribution in [0.4, 0.5) is 10.5 Å². The van der Waals surface area contributed by atoms with Gasteiger partial charge in [-0.15, -0.1) is 0 Å². The first-order chi connectivity index (χ1) is 7.54. The molecule has 7 nitrogen and oxygen atoms in total. The van der Waals surface area contributed by atoms with Crippen LogP contribution in [0, 0.1) is 10.1 Å². The van der Waals surface area contributed by atoms with Crippen molar-refractivity contribution in [3.63, 3.8) is 0 Å². The SMILES string of the molecule is NNC(=O)OCc1ccc(Cl)cc1[N+](=O)[O-]. The number of nitrogens with two attached hydrogens (primary N) is 1. The number of rotatable bonds is 3. The lowest BCUT2D eigenvalue weighted by atomic mass is 10.2. The molecule has 0 fully saturated rings. The van der Waals surface area contributed by atoms with E-state index in [9.17, 15) is 14.9 Å². The fraction of sp³-hybridized carbons (Fsp3) is 0.125. The summed E-state index contributed by atoms with van der Waals surface area (Å²) in [6, 6.07) is 4.05.